The molecular formula is C20H19N5O2. The highest BCUT2D eigenvalue weighted by Gasteiger charge is 2.07. The van der Waals surface area contributed by atoms with Crippen LogP contribution in [-0.2, 0) is 11.3 Å². The summed E-state index contributed by atoms with van der Waals surface area (Å²) >= 11 is 0. The minimum Gasteiger partial charge on any atom is -0.348 e. The van der Waals surface area contributed by atoms with E-state index in [1.165, 1.54) is 19.3 Å². The molecule has 3 rings (SSSR count). The highest BCUT2D eigenvalue weighted by Crippen LogP contribution is 2.16. The number of anilines is 3. The van der Waals surface area contributed by atoms with Gasteiger partial charge in [0.05, 0.1) is 5.56 Å². The quantitative estimate of drug-likeness (QED) is 0.627. The standard InChI is InChI=1S/C20H19N5O2/c1-14(26)24-17-7-9-18(10-8-17)25-20-22-12-16(13-23-20)19(27)21-11-15-5-3-2-4-6-15/h2-10,12-13H,11H2,1H3,(H,21,27)(H,24,26)(H,22,23,25). The lowest BCUT2D eigenvalue weighted by Gasteiger charge is -2.08. The van der Waals surface area contributed by atoms with E-state index in [1.54, 1.807) is 24.3 Å². The second-order valence-electron chi connectivity index (χ2n) is 5.85. The van der Waals surface area contributed by atoms with Crippen molar-refractivity contribution in [3.63, 3.8) is 0 Å². The first-order valence-corrected chi connectivity index (χ1v) is 8.39. The molecule has 3 N–H and O–H groups in total. The average molecular weight is 361 g/mol. The molecule has 3 aromatic rings. The second-order valence-corrected chi connectivity index (χ2v) is 5.85. The van der Waals surface area contributed by atoms with Crippen LogP contribution in [0.1, 0.15) is 22.8 Å². The fourth-order valence-corrected chi connectivity index (χ4v) is 2.36. The van der Waals surface area contributed by atoms with Gasteiger partial charge in [-0.3, -0.25) is 9.59 Å². The molecule has 0 spiro atoms. The number of nitrogens with zero attached hydrogens (tertiary/aromatic N) is 2. The monoisotopic (exact) mass is 361 g/mol. The summed E-state index contributed by atoms with van der Waals surface area (Å²) in [5.74, 6) is 0.0205. The maximum atomic E-state index is 12.2. The molecule has 1 aromatic heterocycles. The van der Waals surface area contributed by atoms with Crippen LogP contribution in [0.3, 0.4) is 0 Å². The molecule has 7 nitrogen and oxygen atoms in total. The van der Waals surface area contributed by atoms with Crippen molar-refractivity contribution in [3.8, 4) is 0 Å². The average Bonchev–Trinajstić information content (AvgIpc) is 2.69. The van der Waals surface area contributed by atoms with E-state index in [4.69, 9.17) is 0 Å². The maximum absolute atomic E-state index is 12.2. The van der Waals surface area contributed by atoms with Crippen molar-refractivity contribution in [3.05, 3.63) is 78.1 Å². The summed E-state index contributed by atoms with van der Waals surface area (Å²) in [7, 11) is 0. The summed E-state index contributed by atoms with van der Waals surface area (Å²) < 4.78 is 0. The first-order valence-electron chi connectivity index (χ1n) is 8.39. The number of rotatable bonds is 6. The van der Waals surface area contributed by atoms with E-state index in [9.17, 15) is 9.59 Å². The predicted molar refractivity (Wildman–Crippen MR) is 104 cm³/mol. The third-order valence-corrected chi connectivity index (χ3v) is 3.67. The van der Waals surface area contributed by atoms with Crippen LogP contribution in [0, 0.1) is 0 Å². The normalized spacial score (nSPS) is 10.1. The van der Waals surface area contributed by atoms with Gasteiger partial charge in [-0.25, -0.2) is 9.97 Å². The lowest BCUT2D eigenvalue weighted by Crippen LogP contribution is -2.23. The Bertz CT molecular complexity index is 909. The summed E-state index contributed by atoms with van der Waals surface area (Å²) in [6.45, 7) is 1.90. The van der Waals surface area contributed by atoms with E-state index in [0.29, 0.717) is 23.7 Å². The molecule has 136 valence electrons. The number of benzene rings is 2. The predicted octanol–water partition coefficient (Wildman–Crippen LogP) is 3.11. The Morgan fingerprint density at radius 2 is 1.52 bits per heavy atom. The van der Waals surface area contributed by atoms with Crippen LogP contribution < -0.4 is 16.0 Å². The summed E-state index contributed by atoms with van der Waals surface area (Å²) in [5, 5.41) is 8.57. The van der Waals surface area contributed by atoms with Crippen LogP contribution in [0.2, 0.25) is 0 Å². The Hall–Kier alpha value is -3.74. The molecule has 0 saturated heterocycles. The van der Waals surface area contributed by atoms with Crippen LogP contribution in [0.15, 0.2) is 67.0 Å². The van der Waals surface area contributed by atoms with Gasteiger partial charge >= 0.3 is 0 Å². The van der Waals surface area contributed by atoms with Crippen molar-refractivity contribution < 1.29 is 9.59 Å². The molecule has 0 atom stereocenters. The smallest absolute Gasteiger partial charge is 0.254 e. The van der Waals surface area contributed by atoms with Gasteiger partial charge in [0.1, 0.15) is 0 Å². The van der Waals surface area contributed by atoms with E-state index < -0.39 is 0 Å². The number of carbonyl (C=O) groups is 2. The first kappa shape index (κ1) is 18.1. The molecule has 0 fully saturated rings. The lowest BCUT2D eigenvalue weighted by atomic mass is 10.2. The highest BCUT2D eigenvalue weighted by atomic mass is 16.2. The van der Waals surface area contributed by atoms with Gasteiger partial charge in [-0.15, -0.1) is 0 Å². The van der Waals surface area contributed by atoms with E-state index in [2.05, 4.69) is 25.9 Å². The van der Waals surface area contributed by atoms with Crippen molar-refractivity contribution in [2.24, 2.45) is 0 Å². The zero-order valence-corrected chi connectivity index (χ0v) is 14.8. The fourth-order valence-electron chi connectivity index (χ4n) is 2.36. The fraction of sp³-hybridized carbons (Fsp3) is 0.100. The number of hydrogen-bond acceptors (Lipinski definition) is 5. The van der Waals surface area contributed by atoms with Gasteiger partial charge in [0, 0.05) is 37.2 Å². The highest BCUT2D eigenvalue weighted by molar-refractivity contribution is 5.93. The van der Waals surface area contributed by atoms with Gasteiger partial charge in [0.2, 0.25) is 11.9 Å². The molecule has 0 aliphatic carbocycles. The molecule has 2 amide bonds. The van der Waals surface area contributed by atoms with Gasteiger partial charge in [0.25, 0.3) is 5.91 Å². The molecule has 1 heterocycles. The summed E-state index contributed by atoms with van der Waals surface area (Å²) in [6.07, 6.45) is 2.95. The Morgan fingerprint density at radius 3 is 2.15 bits per heavy atom. The zero-order chi connectivity index (χ0) is 19.1. The van der Waals surface area contributed by atoms with Crippen molar-refractivity contribution in [1.82, 2.24) is 15.3 Å². The third-order valence-electron chi connectivity index (χ3n) is 3.67. The molecule has 2 aromatic carbocycles. The molecule has 7 heteroatoms. The molecule has 0 bridgehead atoms. The van der Waals surface area contributed by atoms with E-state index >= 15 is 0 Å². The molecule has 27 heavy (non-hydrogen) atoms. The van der Waals surface area contributed by atoms with Crippen LogP contribution in [-0.4, -0.2) is 21.8 Å². The largest absolute Gasteiger partial charge is 0.348 e. The molecular weight excluding hydrogens is 342 g/mol. The third kappa shape index (κ3) is 5.37. The van der Waals surface area contributed by atoms with Crippen molar-refractivity contribution in [1.29, 1.82) is 0 Å². The van der Waals surface area contributed by atoms with Gasteiger partial charge in [-0.1, -0.05) is 30.3 Å². The number of carbonyl (C=O) groups excluding carboxylic acids is 2. The van der Waals surface area contributed by atoms with Crippen LogP contribution in [0.25, 0.3) is 0 Å². The Labute approximate surface area is 156 Å². The minimum absolute atomic E-state index is 0.125. The molecule has 0 radical (unpaired) electrons. The number of amides is 2. The van der Waals surface area contributed by atoms with Gasteiger partial charge < -0.3 is 16.0 Å². The van der Waals surface area contributed by atoms with Gasteiger partial charge in [-0.2, -0.15) is 0 Å². The summed E-state index contributed by atoms with van der Waals surface area (Å²) in [5.41, 5.74) is 2.88. The van der Waals surface area contributed by atoms with E-state index in [-0.39, 0.29) is 11.8 Å². The minimum atomic E-state index is -0.231. The molecule has 0 aliphatic rings. The first-order chi connectivity index (χ1) is 13.1. The zero-order valence-electron chi connectivity index (χ0n) is 14.8. The van der Waals surface area contributed by atoms with Crippen LogP contribution in [0.4, 0.5) is 17.3 Å². The number of aromatic nitrogens is 2. The SMILES string of the molecule is CC(=O)Nc1ccc(Nc2ncc(C(=O)NCc3ccccc3)cn2)cc1. The van der Waals surface area contributed by atoms with Gasteiger partial charge in [-0.05, 0) is 29.8 Å². The Morgan fingerprint density at radius 1 is 0.889 bits per heavy atom. The van der Waals surface area contributed by atoms with Crippen LogP contribution in [0.5, 0.6) is 0 Å². The maximum Gasteiger partial charge on any atom is 0.254 e. The van der Waals surface area contributed by atoms with Crippen molar-refractivity contribution in [2.75, 3.05) is 10.6 Å². The molecule has 0 unspecified atom stereocenters. The Kier molecular flexibility index (Phi) is 5.73. The van der Waals surface area contributed by atoms with Crippen LogP contribution >= 0.6 is 0 Å². The second kappa shape index (κ2) is 8.57. The van der Waals surface area contributed by atoms with Crippen molar-refractivity contribution in [2.45, 2.75) is 13.5 Å². The number of nitrogens with one attached hydrogen (secondary N) is 3. The topological polar surface area (TPSA) is 96.0 Å². The summed E-state index contributed by atoms with van der Waals surface area (Å²) in [4.78, 5) is 31.5. The van der Waals surface area contributed by atoms with E-state index in [0.717, 1.165) is 11.3 Å². The molecule has 0 saturated carbocycles. The molecule has 0 aliphatic heterocycles. The number of hydrogen-bond donors (Lipinski definition) is 3. The summed E-state index contributed by atoms with van der Waals surface area (Å²) in [6, 6.07) is 16.8. The van der Waals surface area contributed by atoms with Crippen molar-refractivity contribution >= 4 is 29.1 Å². The Balaban J connectivity index is 1.56. The van der Waals surface area contributed by atoms with Gasteiger partial charge in [0.15, 0.2) is 0 Å². The van der Waals surface area contributed by atoms with E-state index in [1.807, 2.05) is 30.3 Å². The lowest BCUT2D eigenvalue weighted by molar-refractivity contribution is -0.114.